The quantitative estimate of drug-likeness (QED) is 0.857. The van der Waals surface area contributed by atoms with Crippen molar-refractivity contribution in [2.45, 2.75) is 26.3 Å². The summed E-state index contributed by atoms with van der Waals surface area (Å²) in [5, 5.41) is 9.17. The average Bonchev–Trinajstić information content (AvgIpc) is 2.47. The molecule has 0 saturated carbocycles. The average molecular weight is 277 g/mol. The van der Waals surface area contributed by atoms with Crippen molar-refractivity contribution in [1.29, 1.82) is 0 Å². The maximum absolute atomic E-state index is 11.2. The number of nitrogens with zero attached hydrogens (tertiary/aromatic N) is 3. The monoisotopic (exact) mass is 277 g/mol. The molecule has 0 aliphatic carbocycles. The Balaban J connectivity index is 1.88. The van der Waals surface area contributed by atoms with E-state index < -0.39 is 5.97 Å². The maximum atomic E-state index is 11.2. The van der Waals surface area contributed by atoms with E-state index in [4.69, 9.17) is 5.11 Å². The molecular weight excluding hydrogens is 254 g/mol. The number of pyridine rings is 1. The molecule has 2 rings (SSSR count). The van der Waals surface area contributed by atoms with E-state index in [1.54, 1.807) is 18.3 Å². The summed E-state index contributed by atoms with van der Waals surface area (Å²) in [5.74, 6) is -0.894. The van der Waals surface area contributed by atoms with Crippen molar-refractivity contribution in [3.63, 3.8) is 0 Å². The van der Waals surface area contributed by atoms with E-state index in [-0.39, 0.29) is 0 Å². The van der Waals surface area contributed by atoms with Gasteiger partial charge in [0.25, 0.3) is 0 Å². The first-order valence-corrected chi connectivity index (χ1v) is 7.32. The van der Waals surface area contributed by atoms with Crippen LogP contribution in [0.25, 0.3) is 0 Å². The van der Waals surface area contributed by atoms with Crippen LogP contribution in [0.2, 0.25) is 0 Å². The summed E-state index contributed by atoms with van der Waals surface area (Å²) in [6, 6.07) is 3.30. The predicted molar refractivity (Wildman–Crippen MR) is 77.8 cm³/mol. The van der Waals surface area contributed by atoms with Crippen LogP contribution in [0.4, 0.5) is 0 Å². The highest BCUT2D eigenvalue weighted by Gasteiger charge is 2.19. The van der Waals surface area contributed by atoms with Crippen LogP contribution in [-0.2, 0) is 6.54 Å². The normalized spacial score (nSPS) is 17.2. The second kappa shape index (κ2) is 7.36. The smallest absolute Gasteiger partial charge is 0.337 e. The largest absolute Gasteiger partial charge is 0.478 e. The van der Waals surface area contributed by atoms with E-state index in [1.807, 2.05) is 0 Å². The Morgan fingerprint density at radius 1 is 1.30 bits per heavy atom. The number of aromatic nitrogens is 1. The second-order valence-corrected chi connectivity index (χ2v) is 5.27. The summed E-state index contributed by atoms with van der Waals surface area (Å²) in [5.41, 5.74) is 0.989. The van der Waals surface area contributed by atoms with Gasteiger partial charge in [-0.05, 0) is 25.1 Å². The first kappa shape index (κ1) is 14.9. The van der Waals surface area contributed by atoms with Crippen LogP contribution in [0.1, 0.15) is 35.8 Å². The number of carbonyl (C=O) groups is 1. The number of hydrogen-bond donors (Lipinski definition) is 1. The predicted octanol–water partition coefficient (Wildman–Crippen LogP) is 1.70. The van der Waals surface area contributed by atoms with Gasteiger partial charge in [-0.25, -0.2) is 4.79 Å². The Labute approximate surface area is 120 Å². The second-order valence-electron chi connectivity index (χ2n) is 5.27. The molecule has 0 bridgehead atoms. The van der Waals surface area contributed by atoms with Crippen LogP contribution in [-0.4, -0.2) is 58.6 Å². The minimum atomic E-state index is -0.894. The third-order valence-corrected chi connectivity index (χ3v) is 3.79. The van der Waals surface area contributed by atoms with Gasteiger partial charge in [0.1, 0.15) is 0 Å². The molecule has 1 aliphatic heterocycles. The number of aromatic carboxylic acids is 1. The summed E-state index contributed by atoms with van der Waals surface area (Å²) < 4.78 is 0. The van der Waals surface area contributed by atoms with Gasteiger partial charge in [-0.3, -0.25) is 9.88 Å². The molecule has 1 saturated heterocycles. The van der Waals surface area contributed by atoms with Gasteiger partial charge in [-0.15, -0.1) is 0 Å². The fraction of sp³-hybridized carbons (Fsp3) is 0.600. The zero-order valence-corrected chi connectivity index (χ0v) is 12.1. The summed E-state index contributed by atoms with van der Waals surface area (Å²) in [4.78, 5) is 20.2. The lowest BCUT2D eigenvalue weighted by atomic mass is 10.1. The van der Waals surface area contributed by atoms with E-state index in [2.05, 4.69) is 21.7 Å². The van der Waals surface area contributed by atoms with Gasteiger partial charge in [-0.1, -0.05) is 13.3 Å². The minimum Gasteiger partial charge on any atom is -0.478 e. The summed E-state index contributed by atoms with van der Waals surface area (Å²) in [6.07, 6.45) is 4.15. The molecule has 1 aromatic heterocycles. The summed E-state index contributed by atoms with van der Waals surface area (Å²) in [7, 11) is 0. The first-order chi connectivity index (χ1) is 9.70. The van der Waals surface area contributed by atoms with Gasteiger partial charge in [-0.2, -0.15) is 0 Å². The highest BCUT2D eigenvalue weighted by atomic mass is 16.4. The van der Waals surface area contributed by atoms with Crippen molar-refractivity contribution in [3.05, 3.63) is 29.6 Å². The van der Waals surface area contributed by atoms with Crippen molar-refractivity contribution in [1.82, 2.24) is 14.8 Å². The summed E-state index contributed by atoms with van der Waals surface area (Å²) >= 11 is 0. The number of rotatable bonds is 6. The molecule has 1 fully saturated rings. The standard InChI is InChI=1S/C15H23N3O2/c1-2-3-7-17-8-10-18(11-9-17)12-14-13(15(19)20)5-4-6-16-14/h4-6H,2-3,7-12H2,1H3,(H,19,20). The van der Waals surface area contributed by atoms with E-state index in [1.165, 1.54) is 19.4 Å². The van der Waals surface area contributed by atoms with E-state index in [0.717, 1.165) is 26.2 Å². The molecule has 1 aliphatic rings. The van der Waals surface area contributed by atoms with Crippen LogP contribution < -0.4 is 0 Å². The Morgan fingerprint density at radius 3 is 2.65 bits per heavy atom. The van der Waals surface area contributed by atoms with Crippen molar-refractivity contribution in [3.8, 4) is 0 Å². The molecule has 0 spiro atoms. The summed E-state index contributed by atoms with van der Waals surface area (Å²) in [6.45, 7) is 8.12. The van der Waals surface area contributed by atoms with E-state index in [9.17, 15) is 4.79 Å². The van der Waals surface area contributed by atoms with Crippen LogP contribution in [0.3, 0.4) is 0 Å². The van der Waals surface area contributed by atoms with Crippen LogP contribution >= 0.6 is 0 Å². The molecule has 5 nitrogen and oxygen atoms in total. The molecule has 2 heterocycles. The van der Waals surface area contributed by atoms with Gasteiger partial charge in [0.05, 0.1) is 11.3 Å². The van der Waals surface area contributed by atoms with Crippen LogP contribution in [0.5, 0.6) is 0 Å². The Hall–Kier alpha value is -1.46. The SMILES string of the molecule is CCCCN1CCN(Cc2ncccc2C(=O)O)CC1. The van der Waals surface area contributed by atoms with Gasteiger partial charge in [0, 0.05) is 38.9 Å². The number of carboxylic acids is 1. The molecule has 5 heteroatoms. The third kappa shape index (κ3) is 4.02. The van der Waals surface area contributed by atoms with E-state index in [0.29, 0.717) is 17.8 Å². The zero-order valence-electron chi connectivity index (χ0n) is 12.1. The molecule has 1 aromatic rings. The number of hydrogen-bond acceptors (Lipinski definition) is 4. The first-order valence-electron chi connectivity index (χ1n) is 7.32. The molecule has 20 heavy (non-hydrogen) atoms. The fourth-order valence-corrected chi connectivity index (χ4v) is 2.52. The lowest BCUT2D eigenvalue weighted by Gasteiger charge is -2.34. The lowest BCUT2D eigenvalue weighted by molar-refractivity contribution is 0.0692. The highest BCUT2D eigenvalue weighted by molar-refractivity contribution is 5.88. The highest BCUT2D eigenvalue weighted by Crippen LogP contribution is 2.11. The van der Waals surface area contributed by atoms with Crippen molar-refractivity contribution < 1.29 is 9.90 Å². The Morgan fingerprint density at radius 2 is 2.00 bits per heavy atom. The van der Waals surface area contributed by atoms with Crippen LogP contribution in [0, 0.1) is 0 Å². The van der Waals surface area contributed by atoms with Gasteiger partial charge in [0.15, 0.2) is 0 Å². The molecular formula is C15H23N3O2. The van der Waals surface area contributed by atoms with Crippen molar-refractivity contribution in [2.24, 2.45) is 0 Å². The zero-order chi connectivity index (χ0) is 14.4. The van der Waals surface area contributed by atoms with Crippen LogP contribution in [0.15, 0.2) is 18.3 Å². The maximum Gasteiger partial charge on any atom is 0.337 e. The molecule has 0 amide bonds. The number of unbranched alkanes of at least 4 members (excludes halogenated alkanes) is 1. The topological polar surface area (TPSA) is 56.7 Å². The molecule has 0 aromatic carbocycles. The molecule has 110 valence electrons. The Kier molecular flexibility index (Phi) is 5.49. The lowest BCUT2D eigenvalue weighted by Crippen LogP contribution is -2.46. The van der Waals surface area contributed by atoms with Crippen molar-refractivity contribution >= 4 is 5.97 Å². The molecule has 0 atom stereocenters. The molecule has 0 radical (unpaired) electrons. The molecule has 0 unspecified atom stereocenters. The number of carboxylic acid groups (broad SMARTS) is 1. The minimum absolute atomic E-state index is 0.320. The van der Waals surface area contributed by atoms with Gasteiger partial charge < -0.3 is 10.0 Å². The molecule has 1 N–H and O–H groups in total. The number of piperazine rings is 1. The van der Waals surface area contributed by atoms with E-state index >= 15 is 0 Å². The third-order valence-electron chi connectivity index (χ3n) is 3.79. The Bertz CT molecular complexity index is 442. The van der Waals surface area contributed by atoms with Crippen molar-refractivity contribution in [2.75, 3.05) is 32.7 Å². The fourth-order valence-electron chi connectivity index (χ4n) is 2.52. The van der Waals surface area contributed by atoms with Gasteiger partial charge >= 0.3 is 5.97 Å². The van der Waals surface area contributed by atoms with Gasteiger partial charge in [0.2, 0.25) is 0 Å².